The van der Waals surface area contributed by atoms with Gasteiger partial charge in [-0.25, -0.2) is 0 Å². The second-order valence-electron chi connectivity index (χ2n) is 9.38. The van der Waals surface area contributed by atoms with Crippen molar-refractivity contribution in [2.24, 2.45) is 17.3 Å². The molecule has 2 heterocycles. The van der Waals surface area contributed by atoms with Gasteiger partial charge in [-0.05, 0) is 93.7 Å². The number of hydrogen-bond acceptors (Lipinski definition) is 2. The number of anilines is 1. The second kappa shape index (κ2) is 7.55. The molecular weight excluding hydrogens is 363 g/mol. The van der Waals surface area contributed by atoms with E-state index in [1.807, 2.05) is 6.07 Å². The molecule has 2 nitrogen and oxygen atoms in total. The molecule has 0 N–H and O–H groups in total. The largest absolute Gasteiger partial charge is 0.416 e. The van der Waals surface area contributed by atoms with Crippen LogP contribution in [0.15, 0.2) is 18.2 Å². The lowest BCUT2D eigenvalue weighted by Crippen LogP contribution is -2.47. The average molecular weight is 396 g/mol. The number of nitrogens with zero attached hydrogens (tertiary/aromatic N) is 1. The molecule has 1 spiro atoms. The normalized spacial score (nSPS) is 34.2. The quantitative estimate of drug-likeness (QED) is 0.590. The summed E-state index contributed by atoms with van der Waals surface area (Å²) in [6.45, 7) is 6.45. The summed E-state index contributed by atoms with van der Waals surface area (Å²) in [6.07, 6.45) is 4.17. The Bertz CT molecular complexity index is 686. The molecule has 1 aromatic carbocycles. The fourth-order valence-electron chi connectivity index (χ4n) is 5.99. The Kier molecular flexibility index (Phi) is 5.41. The lowest BCUT2D eigenvalue weighted by Gasteiger charge is -2.47. The molecule has 2 saturated heterocycles. The van der Waals surface area contributed by atoms with E-state index < -0.39 is 11.7 Å². The summed E-state index contributed by atoms with van der Waals surface area (Å²) >= 11 is 0. The summed E-state index contributed by atoms with van der Waals surface area (Å²) in [6, 6.07) is 5.14. The molecule has 1 aliphatic carbocycles. The van der Waals surface area contributed by atoms with Gasteiger partial charge in [0.15, 0.2) is 0 Å². The highest BCUT2D eigenvalue weighted by atomic mass is 19.4. The van der Waals surface area contributed by atoms with Crippen LogP contribution < -0.4 is 4.90 Å². The molecule has 2 aliphatic heterocycles. The van der Waals surface area contributed by atoms with Gasteiger partial charge in [0, 0.05) is 24.9 Å². The van der Waals surface area contributed by atoms with Gasteiger partial charge in [-0.15, -0.1) is 0 Å². The fourth-order valence-corrected chi connectivity index (χ4v) is 5.99. The van der Waals surface area contributed by atoms with Crippen molar-refractivity contribution in [3.05, 3.63) is 29.3 Å². The average Bonchev–Trinajstić information content (AvgIpc) is 3.11. The standard InChI is InChI=1S/C23H32F3NO/c1-16-5-6-19(14-21(16)23(24,25)26)27-12-3-4-20(17(27)2)18-7-9-22(10-8-18)11-13-28-15-22/h5-6,14,17-18,20H,3-4,7-13,15H2,1-2H3. The fraction of sp³-hybridized carbons (Fsp3) is 0.739. The number of aryl methyl sites for hydroxylation is 1. The number of ether oxygens (including phenoxy) is 1. The third-order valence-electron chi connectivity index (χ3n) is 7.79. The van der Waals surface area contributed by atoms with Crippen molar-refractivity contribution in [3.8, 4) is 0 Å². The van der Waals surface area contributed by atoms with Crippen LogP contribution in [0.25, 0.3) is 0 Å². The van der Waals surface area contributed by atoms with E-state index in [1.54, 1.807) is 13.0 Å². The maximum absolute atomic E-state index is 13.4. The first-order valence-corrected chi connectivity index (χ1v) is 10.8. The van der Waals surface area contributed by atoms with E-state index in [0.717, 1.165) is 31.9 Å². The predicted octanol–water partition coefficient (Wildman–Crippen LogP) is 6.22. The molecule has 0 radical (unpaired) electrons. The van der Waals surface area contributed by atoms with Gasteiger partial charge in [-0.2, -0.15) is 13.2 Å². The van der Waals surface area contributed by atoms with E-state index in [0.29, 0.717) is 22.8 Å². The number of piperidine rings is 1. The minimum atomic E-state index is -4.29. The Hall–Kier alpha value is -1.23. The maximum atomic E-state index is 13.4. The zero-order valence-electron chi connectivity index (χ0n) is 17.0. The van der Waals surface area contributed by atoms with E-state index in [1.165, 1.54) is 44.6 Å². The summed E-state index contributed by atoms with van der Waals surface area (Å²) in [5, 5.41) is 0. The van der Waals surface area contributed by atoms with Crippen molar-refractivity contribution in [1.29, 1.82) is 0 Å². The molecule has 1 saturated carbocycles. The van der Waals surface area contributed by atoms with Crippen LogP contribution in [0.1, 0.15) is 63.0 Å². The lowest BCUT2D eigenvalue weighted by molar-refractivity contribution is -0.138. The highest BCUT2D eigenvalue weighted by Crippen LogP contribution is 2.49. The summed E-state index contributed by atoms with van der Waals surface area (Å²) in [5.41, 5.74) is 0.952. The van der Waals surface area contributed by atoms with E-state index in [9.17, 15) is 13.2 Å². The van der Waals surface area contributed by atoms with Gasteiger partial charge in [-0.3, -0.25) is 0 Å². The molecule has 3 fully saturated rings. The van der Waals surface area contributed by atoms with Gasteiger partial charge in [0.2, 0.25) is 0 Å². The number of rotatable bonds is 2. The zero-order chi connectivity index (χ0) is 19.9. The minimum absolute atomic E-state index is 0.288. The number of benzene rings is 1. The number of alkyl halides is 3. The lowest BCUT2D eigenvalue weighted by atomic mass is 9.65. The van der Waals surface area contributed by atoms with Crippen molar-refractivity contribution >= 4 is 5.69 Å². The molecule has 2 atom stereocenters. The van der Waals surface area contributed by atoms with Crippen molar-refractivity contribution in [2.75, 3.05) is 24.7 Å². The predicted molar refractivity (Wildman–Crippen MR) is 106 cm³/mol. The summed E-state index contributed by atoms with van der Waals surface area (Å²) < 4.78 is 45.8. The molecule has 4 rings (SSSR count). The third kappa shape index (κ3) is 3.79. The van der Waals surface area contributed by atoms with Crippen LogP contribution in [0.4, 0.5) is 18.9 Å². The van der Waals surface area contributed by atoms with Gasteiger partial charge in [-0.1, -0.05) is 6.07 Å². The molecular formula is C23H32F3NO. The third-order valence-corrected chi connectivity index (χ3v) is 7.79. The number of halogens is 3. The Morgan fingerprint density at radius 2 is 1.86 bits per heavy atom. The first kappa shape index (κ1) is 20.1. The van der Waals surface area contributed by atoms with Gasteiger partial charge >= 0.3 is 6.18 Å². The molecule has 1 aromatic rings. The Morgan fingerprint density at radius 3 is 2.50 bits per heavy atom. The van der Waals surface area contributed by atoms with E-state index >= 15 is 0 Å². The van der Waals surface area contributed by atoms with Gasteiger partial charge in [0.1, 0.15) is 0 Å². The highest BCUT2D eigenvalue weighted by molar-refractivity contribution is 5.53. The molecule has 3 aliphatic rings. The Labute approximate surface area is 166 Å². The van der Waals surface area contributed by atoms with Crippen LogP contribution in [0.2, 0.25) is 0 Å². The first-order valence-electron chi connectivity index (χ1n) is 10.8. The van der Waals surface area contributed by atoms with Crippen LogP contribution in [-0.4, -0.2) is 25.8 Å². The van der Waals surface area contributed by atoms with E-state index in [2.05, 4.69) is 11.8 Å². The van der Waals surface area contributed by atoms with Crippen LogP contribution in [-0.2, 0) is 10.9 Å². The molecule has 0 bridgehead atoms. The SMILES string of the molecule is Cc1ccc(N2CCCC(C3CCC4(CCOC4)CC3)C2C)cc1C(F)(F)F. The van der Waals surface area contributed by atoms with Crippen LogP contribution in [0.5, 0.6) is 0 Å². The van der Waals surface area contributed by atoms with Crippen LogP contribution >= 0.6 is 0 Å². The van der Waals surface area contributed by atoms with E-state index in [-0.39, 0.29) is 6.04 Å². The van der Waals surface area contributed by atoms with Crippen molar-refractivity contribution in [2.45, 2.75) is 71.0 Å². The summed E-state index contributed by atoms with van der Waals surface area (Å²) in [7, 11) is 0. The van der Waals surface area contributed by atoms with Gasteiger partial charge in [0.05, 0.1) is 12.2 Å². The topological polar surface area (TPSA) is 12.5 Å². The molecule has 0 aromatic heterocycles. The smallest absolute Gasteiger partial charge is 0.381 e. The zero-order valence-corrected chi connectivity index (χ0v) is 17.0. The van der Waals surface area contributed by atoms with Crippen molar-refractivity contribution in [3.63, 3.8) is 0 Å². The molecule has 156 valence electrons. The Balaban J connectivity index is 1.48. The maximum Gasteiger partial charge on any atom is 0.416 e. The molecule has 0 amide bonds. The van der Waals surface area contributed by atoms with Crippen LogP contribution in [0, 0.1) is 24.2 Å². The highest BCUT2D eigenvalue weighted by Gasteiger charge is 2.42. The van der Waals surface area contributed by atoms with E-state index in [4.69, 9.17) is 4.74 Å². The second-order valence-corrected chi connectivity index (χ2v) is 9.38. The molecule has 2 unspecified atom stereocenters. The summed E-state index contributed by atoms with van der Waals surface area (Å²) in [5.74, 6) is 1.26. The first-order chi connectivity index (χ1) is 13.3. The molecule has 5 heteroatoms. The monoisotopic (exact) mass is 395 g/mol. The molecule has 28 heavy (non-hydrogen) atoms. The summed E-state index contributed by atoms with van der Waals surface area (Å²) in [4.78, 5) is 2.23. The van der Waals surface area contributed by atoms with Crippen molar-refractivity contribution in [1.82, 2.24) is 0 Å². The Morgan fingerprint density at radius 1 is 1.11 bits per heavy atom. The van der Waals surface area contributed by atoms with Crippen LogP contribution in [0.3, 0.4) is 0 Å². The van der Waals surface area contributed by atoms with Gasteiger partial charge in [0.25, 0.3) is 0 Å². The minimum Gasteiger partial charge on any atom is -0.381 e. The van der Waals surface area contributed by atoms with Crippen molar-refractivity contribution < 1.29 is 17.9 Å². The number of hydrogen-bond donors (Lipinski definition) is 0. The van der Waals surface area contributed by atoms with Gasteiger partial charge < -0.3 is 9.64 Å².